The zero-order chi connectivity index (χ0) is 16.3. The van der Waals surface area contributed by atoms with Crippen LogP contribution < -0.4 is 4.72 Å². The Morgan fingerprint density at radius 1 is 1.14 bits per heavy atom. The Balaban J connectivity index is 2.49. The lowest BCUT2D eigenvalue weighted by Gasteiger charge is -2.30. The summed E-state index contributed by atoms with van der Waals surface area (Å²) in [6.45, 7) is 4.02. The van der Waals surface area contributed by atoms with Gasteiger partial charge in [0.15, 0.2) is 0 Å². The van der Waals surface area contributed by atoms with Gasteiger partial charge in [-0.05, 0) is 37.5 Å². The summed E-state index contributed by atoms with van der Waals surface area (Å²) in [5.41, 5.74) is 0. The van der Waals surface area contributed by atoms with E-state index in [1.54, 1.807) is 0 Å². The Bertz CT molecular complexity index is 452. The van der Waals surface area contributed by atoms with Gasteiger partial charge in [-0.2, -0.15) is 13.2 Å². The van der Waals surface area contributed by atoms with Crippen LogP contribution in [-0.4, -0.2) is 26.3 Å². The van der Waals surface area contributed by atoms with Crippen LogP contribution in [0.5, 0.6) is 0 Å². The third-order valence-electron chi connectivity index (χ3n) is 3.68. The molecule has 0 aromatic rings. The van der Waals surface area contributed by atoms with Crippen LogP contribution in [0.4, 0.5) is 13.2 Å². The van der Waals surface area contributed by atoms with Crippen molar-refractivity contribution in [3.63, 3.8) is 0 Å². The molecule has 0 aliphatic heterocycles. The van der Waals surface area contributed by atoms with E-state index in [2.05, 4.69) is 0 Å². The first-order chi connectivity index (χ1) is 9.48. The van der Waals surface area contributed by atoms with Gasteiger partial charge in [0, 0.05) is 12.3 Å². The number of sulfonamides is 1. The third kappa shape index (κ3) is 7.15. The number of carbonyl (C=O) groups excluding carboxylic acids is 1. The Morgan fingerprint density at radius 2 is 1.67 bits per heavy atom. The van der Waals surface area contributed by atoms with Crippen molar-refractivity contribution in [2.24, 2.45) is 17.8 Å². The highest BCUT2D eigenvalue weighted by molar-refractivity contribution is 7.90. The molecule has 1 rings (SSSR count). The highest BCUT2D eigenvalue weighted by Gasteiger charge is 2.32. The second-order valence-corrected chi connectivity index (χ2v) is 7.96. The minimum absolute atomic E-state index is 0.345. The molecule has 0 heterocycles. The van der Waals surface area contributed by atoms with Gasteiger partial charge in [-0.25, -0.2) is 8.42 Å². The number of hydrogen-bond acceptors (Lipinski definition) is 3. The number of halogens is 3. The van der Waals surface area contributed by atoms with Gasteiger partial charge in [0.05, 0.1) is 5.75 Å². The first-order valence-corrected chi connectivity index (χ1v) is 8.75. The van der Waals surface area contributed by atoms with Gasteiger partial charge in [0.1, 0.15) is 0 Å². The molecule has 1 N–H and O–H groups in total. The number of alkyl halides is 3. The SMILES string of the molecule is C[C@H]1CC(C(=O)NS(=O)(=O)CCCC(F)(F)F)C[C@H](C)C1. The van der Waals surface area contributed by atoms with Gasteiger partial charge in [-0.15, -0.1) is 0 Å². The van der Waals surface area contributed by atoms with Gasteiger partial charge in [0.2, 0.25) is 15.9 Å². The molecule has 0 saturated heterocycles. The molecule has 0 spiro atoms. The van der Waals surface area contributed by atoms with Crippen LogP contribution in [0.15, 0.2) is 0 Å². The Kier molecular flexibility index (Phi) is 6.07. The lowest BCUT2D eigenvalue weighted by Crippen LogP contribution is -2.39. The van der Waals surface area contributed by atoms with Crippen molar-refractivity contribution in [1.82, 2.24) is 4.72 Å². The van der Waals surface area contributed by atoms with E-state index in [-0.39, 0.29) is 5.92 Å². The molecular formula is C13H22F3NO3S. The molecule has 2 atom stereocenters. The zero-order valence-electron chi connectivity index (χ0n) is 12.2. The van der Waals surface area contributed by atoms with Crippen molar-refractivity contribution in [1.29, 1.82) is 0 Å². The number of hydrogen-bond donors (Lipinski definition) is 1. The van der Waals surface area contributed by atoms with Crippen LogP contribution in [-0.2, 0) is 14.8 Å². The number of carbonyl (C=O) groups is 1. The van der Waals surface area contributed by atoms with Gasteiger partial charge < -0.3 is 0 Å². The minimum Gasteiger partial charge on any atom is -0.274 e. The van der Waals surface area contributed by atoms with E-state index in [0.29, 0.717) is 24.7 Å². The predicted octanol–water partition coefficient (Wildman–Crippen LogP) is 2.85. The molecule has 21 heavy (non-hydrogen) atoms. The highest BCUT2D eigenvalue weighted by Crippen LogP contribution is 2.33. The van der Waals surface area contributed by atoms with Crippen LogP contribution in [0.2, 0.25) is 0 Å². The molecule has 124 valence electrons. The van der Waals surface area contributed by atoms with E-state index in [1.165, 1.54) is 0 Å². The van der Waals surface area contributed by atoms with Crippen molar-refractivity contribution in [2.45, 2.75) is 52.1 Å². The first-order valence-electron chi connectivity index (χ1n) is 7.09. The summed E-state index contributed by atoms with van der Waals surface area (Å²) in [5, 5.41) is 0. The third-order valence-corrected chi connectivity index (χ3v) is 5.02. The normalized spacial score (nSPS) is 27.4. The van der Waals surface area contributed by atoms with E-state index >= 15 is 0 Å². The van der Waals surface area contributed by atoms with E-state index in [1.807, 2.05) is 18.6 Å². The first kappa shape index (κ1) is 18.3. The Morgan fingerprint density at radius 3 is 2.14 bits per heavy atom. The van der Waals surface area contributed by atoms with E-state index in [9.17, 15) is 26.4 Å². The molecule has 8 heteroatoms. The minimum atomic E-state index is -4.38. The van der Waals surface area contributed by atoms with Crippen molar-refractivity contribution in [3.8, 4) is 0 Å². The van der Waals surface area contributed by atoms with E-state index in [4.69, 9.17) is 0 Å². The zero-order valence-corrected chi connectivity index (χ0v) is 13.1. The van der Waals surface area contributed by atoms with Gasteiger partial charge >= 0.3 is 6.18 Å². The summed E-state index contributed by atoms with van der Waals surface area (Å²) in [6, 6.07) is 0. The number of nitrogens with one attached hydrogen (secondary N) is 1. The van der Waals surface area contributed by atoms with Crippen LogP contribution in [0.3, 0.4) is 0 Å². The van der Waals surface area contributed by atoms with Crippen molar-refractivity contribution < 1.29 is 26.4 Å². The molecule has 1 saturated carbocycles. The lowest BCUT2D eigenvalue weighted by molar-refractivity contribution is -0.134. The molecule has 0 aromatic carbocycles. The molecule has 1 amide bonds. The van der Waals surface area contributed by atoms with Gasteiger partial charge in [-0.3, -0.25) is 9.52 Å². The fraction of sp³-hybridized carbons (Fsp3) is 0.923. The molecule has 4 nitrogen and oxygen atoms in total. The van der Waals surface area contributed by atoms with E-state index < -0.39 is 40.7 Å². The van der Waals surface area contributed by atoms with Crippen LogP contribution in [0.1, 0.15) is 46.0 Å². The summed E-state index contributed by atoms with van der Waals surface area (Å²) in [6.07, 6.45) is -3.85. The number of rotatable bonds is 5. The molecule has 1 aliphatic rings. The largest absolute Gasteiger partial charge is 0.389 e. The standard InChI is InChI=1S/C13H22F3NO3S/c1-9-6-10(2)8-11(7-9)12(18)17-21(19,20)5-3-4-13(14,15)16/h9-11H,3-8H2,1-2H3,(H,17,18)/t9-,10-/m1/s1. The van der Waals surface area contributed by atoms with Gasteiger partial charge in [-0.1, -0.05) is 13.8 Å². The molecular weight excluding hydrogens is 307 g/mol. The van der Waals surface area contributed by atoms with Crippen molar-refractivity contribution in [3.05, 3.63) is 0 Å². The fourth-order valence-electron chi connectivity index (χ4n) is 2.91. The second-order valence-electron chi connectivity index (χ2n) is 6.12. The lowest BCUT2D eigenvalue weighted by atomic mass is 9.76. The molecule has 0 unspecified atom stereocenters. The van der Waals surface area contributed by atoms with Crippen molar-refractivity contribution in [2.75, 3.05) is 5.75 Å². The average Bonchev–Trinajstić information content (AvgIpc) is 2.24. The van der Waals surface area contributed by atoms with Crippen LogP contribution in [0.25, 0.3) is 0 Å². The van der Waals surface area contributed by atoms with Crippen LogP contribution >= 0.6 is 0 Å². The maximum absolute atomic E-state index is 12.0. The van der Waals surface area contributed by atoms with E-state index in [0.717, 1.165) is 6.42 Å². The fourth-order valence-corrected chi connectivity index (χ4v) is 4.01. The quantitative estimate of drug-likeness (QED) is 0.843. The summed E-state index contributed by atoms with van der Waals surface area (Å²) in [5.74, 6) is -0.952. The van der Waals surface area contributed by atoms with Crippen molar-refractivity contribution >= 4 is 15.9 Å². The Labute approximate surface area is 123 Å². The molecule has 0 bridgehead atoms. The topological polar surface area (TPSA) is 63.2 Å². The molecule has 0 aromatic heterocycles. The monoisotopic (exact) mass is 329 g/mol. The predicted molar refractivity (Wildman–Crippen MR) is 72.9 cm³/mol. The second kappa shape index (κ2) is 6.98. The average molecular weight is 329 g/mol. The maximum atomic E-state index is 12.0. The molecule has 1 aliphatic carbocycles. The molecule has 1 fully saturated rings. The summed E-state index contributed by atoms with van der Waals surface area (Å²) < 4.78 is 61.1. The van der Waals surface area contributed by atoms with Crippen LogP contribution in [0, 0.1) is 17.8 Å². The summed E-state index contributed by atoms with van der Waals surface area (Å²) in [7, 11) is -3.99. The maximum Gasteiger partial charge on any atom is 0.389 e. The highest BCUT2D eigenvalue weighted by atomic mass is 32.2. The van der Waals surface area contributed by atoms with Gasteiger partial charge in [0.25, 0.3) is 0 Å². The Hall–Kier alpha value is -0.790. The summed E-state index contributed by atoms with van der Waals surface area (Å²) >= 11 is 0. The number of amides is 1. The summed E-state index contributed by atoms with van der Waals surface area (Å²) in [4.78, 5) is 12.0. The smallest absolute Gasteiger partial charge is 0.274 e. The molecule has 0 radical (unpaired) electrons.